The molecule has 0 atom stereocenters. The summed E-state index contributed by atoms with van der Waals surface area (Å²) in [6.07, 6.45) is -9.88. The summed E-state index contributed by atoms with van der Waals surface area (Å²) < 4.78 is 165. The normalized spacial score (nSPS) is 15.3. The zero-order valence-corrected chi connectivity index (χ0v) is 12.6. The van der Waals surface area contributed by atoms with Gasteiger partial charge in [-0.3, -0.25) is 0 Å². The lowest BCUT2D eigenvalue weighted by molar-refractivity contribution is -0.439. The van der Waals surface area contributed by atoms with E-state index in [1.165, 1.54) is 0 Å². The molecule has 16 heteroatoms. The van der Waals surface area contributed by atoms with Gasteiger partial charge in [0.15, 0.2) is 0 Å². The number of halogens is 13. The molecule has 0 bridgehead atoms. The van der Waals surface area contributed by atoms with Gasteiger partial charge >= 0.3 is 35.8 Å². The van der Waals surface area contributed by atoms with E-state index < -0.39 is 59.7 Å². The van der Waals surface area contributed by atoms with Crippen molar-refractivity contribution in [3.05, 3.63) is 0 Å². The van der Waals surface area contributed by atoms with Crippen molar-refractivity contribution in [2.24, 2.45) is 0 Å². The molecule has 0 rings (SSSR count). The largest absolute Gasteiger partial charge is 0.549 e. The molecular weight excluding hydrogens is 431 g/mol. The number of rotatable bonds is 9. The van der Waals surface area contributed by atoms with E-state index in [-0.39, 0.29) is 11.8 Å². The third kappa shape index (κ3) is 4.08. The molecule has 0 spiro atoms. The monoisotopic (exact) mass is 437 g/mol. The molecule has 0 aromatic heterocycles. The Hall–Kier alpha value is -1.09. The van der Waals surface area contributed by atoms with Crippen LogP contribution >= 0.6 is 11.8 Å². The molecule has 26 heavy (non-hydrogen) atoms. The van der Waals surface area contributed by atoms with Crippen LogP contribution in [0.3, 0.4) is 0 Å². The lowest BCUT2D eigenvalue weighted by Crippen LogP contribution is -2.70. The molecule has 2 nitrogen and oxygen atoms in total. The number of carboxylic acid groups (broad SMARTS) is 1. The van der Waals surface area contributed by atoms with E-state index in [9.17, 15) is 67.0 Å². The van der Waals surface area contributed by atoms with E-state index in [4.69, 9.17) is 0 Å². The summed E-state index contributed by atoms with van der Waals surface area (Å²) in [6, 6.07) is 0. The second-order valence-electron chi connectivity index (χ2n) is 4.67. The first-order valence-corrected chi connectivity index (χ1v) is 7.05. The first kappa shape index (κ1) is 24.9. The molecule has 0 unspecified atom stereocenters. The number of hydrogen-bond acceptors (Lipinski definition) is 3. The summed E-state index contributed by atoms with van der Waals surface area (Å²) in [5, 5.41) is 9.94. The molecule has 0 aliphatic heterocycles. The van der Waals surface area contributed by atoms with Crippen molar-refractivity contribution in [2.75, 3.05) is 11.5 Å². The Bertz CT molecular complexity index is 514. The molecule has 0 aromatic carbocycles. The van der Waals surface area contributed by atoms with Gasteiger partial charge in [0.05, 0.1) is 5.97 Å². The SMILES string of the molecule is O=C([O-])CSCCC(F)(F)C(F)(F)C(F)(F)C(F)(F)C(F)(F)C(F)(F)F. The Morgan fingerprint density at radius 2 is 1.08 bits per heavy atom. The summed E-state index contributed by atoms with van der Waals surface area (Å²) in [7, 11) is 0. The van der Waals surface area contributed by atoms with Crippen LogP contribution in [0.1, 0.15) is 6.42 Å². The molecule has 0 radical (unpaired) electrons. The van der Waals surface area contributed by atoms with Crippen molar-refractivity contribution in [2.45, 2.75) is 42.2 Å². The Morgan fingerprint density at radius 3 is 1.42 bits per heavy atom. The fourth-order valence-corrected chi connectivity index (χ4v) is 2.03. The van der Waals surface area contributed by atoms with Gasteiger partial charge in [-0.2, -0.15) is 68.8 Å². The number of carbonyl (C=O) groups excluding carboxylic acids is 1. The van der Waals surface area contributed by atoms with Crippen molar-refractivity contribution in [3.8, 4) is 0 Å². The first-order valence-electron chi connectivity index (χ1n) is 5.90. The highest BCUT2D eigenvalue weighted by molar-refractivity contribution is 7.99. The van der Waals surface area contributed by atoms with Crippen LogP contribution in [0.25, 0.3) is 0 Å². The van der Waals surface area contributed by atoms with Gasteiger partial charge in [-0.25, -0.2) is 0 Å². The molecule has 0 N–H and O–H groups in total. The van der Waals surface area contributed by atoms with Crippen LogP contribution in [-0.2, 0) is 4.79 Å². The Kier molecular flexibility index (Phi) is 6.85. The molecule has 0 aromatic rings. The minimum Gasteiger partial charge on any atom is -0.549 e. The van der Waals surface area contributed by atoms with Crippen molar-refractivity contribution < 1.29 is 67.0 Å². The van der Waals surface area contributed by atoms with Gasteiger partial charge in [-0.1, -0.05) is 0 Å². The van der Waals surface area contributed by atoms with Crippen molar-refractivity contribution in [1.82, 2.24) is 0 Å². The van der Waals surface area contributed by atoms with Crippen LogP contribution in [0.4, 0.5) is 57.1 Å². The molecule has 0 fully saturated rings. The number of aliphatic carboxylic acids is 1. The second-order valence-corrected chi connectivity index (χ2v) is 5.78. The maximum Gasteiger partial charge on any atom is 0.460 e. The molecule has 0 aliphatic rings. The average Bonchev–Trinajstić information content (AvgIpc) is 2.41. The topological polar surface area (TPSA) is 40.1 Å². The second kappa shape index (κ2) is 7.14. The summed E-state index contributed by atoms with van der Waals surface area (Å²) in [5.41, 5.74) is 0. The van der Waals surface area contributed by atoms with Gasteiger partial charge in [0.2, 0.25) is 0 Å². The maximum atomic E-state index is 13.2. The Balaban J connectivity index is 5.74. The van der Waals surface area contributed by atoms with Gasteiger partial charge in [0.1, 0.15) is 0 Å². The van der Waals surface area contributed by atoms with E-state index in [0.717, 1.165) is 0 Å². The van der Waals surface area contributed by atoms with Gasteiger partial charge in [0.25, 0.3) is 0 Å². The number of alkyl halides is 13. The number of hydrogen-bond donors (Lipinski definition) is 0. The highest BCUT2D eigenvalue weighted by Crippen LogP contribution is 2.60. The van der Waals surface area contributed by atoms with Gasteiger partial charge < -0.3 is 9.90 Å². The molecule has 0 heterocycles. The minimum absolute atomic E-state index is 0.104. The van der Waals surface area contributed by atoms with Gasteiger partial charge in [-0.15, -0.1) is 0 Å². The standard InChI is InChI=1S/C10H7F13O2S/c11-5(12,1-2-26-3-4(24)25)6(13,14)7(15,16)8(17,18)9(19,20)10(21,22)23/h1-3H2,(H,24,25)/p-1. The van der Waals surface area contributed by atoms with E-state index in [2.05, 4.69) is 0 Å². The first-order chi connectivity index (χ1) is 11.2. The van der Waals surface area contributed by atoms with E-state index in [1.807, 2.05) is 0 Å². The lowest BCUT2D eigenvalue weighted by Gasteiger charge is -2.39. The fourth-order valence-electron chi connectivity index (χ4n) is 1.31. The van der Waals surface area contributed by atoms with Crippen LogP contribution in [0.5, 0.6) is 0 Å². The number of carboxylic acids is 1. The van der Waals surface area contributed by atoms with Crippen molar-refractivity contribution >= 4 is 17.7 Å². The van der Waals surface area contributed by atoms with E-state index in [1.54, 1.807) is 0 Å². The number of thioether (sulfide) groups is 1. The lowest BCUT2D eigenvalue weighted by atomic mass is 9.93. The zero-order valence-electron chi connectivity index (χ0n) is 11.8. The summed E-state index contributed by atoms with van der Waals surface area (Å²) in [4.78, 5) is 9.94. The van der Waals surface area contributed by atoms with Crippen molar-refractivity contribution in [3.63, 3.8) is 0 Å². The average molecular weight is 437 g/mol. The van der Waals surface area contributed by atoms with E-state index in [0.29, 0.717) is 0 Å². The summed E-state index contributed by atoms with van der Waals surface area (Å²) in [6.45, 7) is 0. The highest BCUT2D eigenvalue weighted by atomic mass is 32.2. The molecule has 0 saturated heterocycles. The molecular formula is C10H6F13O2S-. The maximum absolute atomic E-state index is 13.2. The smallest absolute Gasteiger partial charge is 0.460 e. The highest BCUT2D eigenvalue weighted by Gasteiger charge is 2.90. The third-order valence-electron chi connectivity index (χ3n) is 2.78. The zero-order chi connectivity index (χ0) is 21.4. The molecule has 0 aliphatic carbocycles. The quantitative estimate of drug-likeness (QED) is 0.409. The Morgan fingerprint density at radius 1 is 0.692 bits per heavy atom. The molecule has 156 valence electrons. The van der Waals surface area contributed by atoms with Gasteiger partial charge in [0, 0.05) is 12.2 Å². The van der Waals surface area contributed by atoms with Crippen molar-refractivity contribution in [1.29, 1.82) is 0 Å². The summed E-state index contributed by atoms with van der Waals surface area (Å²) in [5.74, 6) is -41.4. The summed E-state index contributed by atoms with van der Waals surface area (Å²) >= 11 is -0.104. The minimum atomic E-state index is -7.93. The van der Waals surface area contributed by atoms with Crippen LogP contribution in [0.15, 0.2) is 0 Å². The number of carbonyl (C=O) groups is 1. The van der Waals surface area contributed by atoms with Crippen LogP contribution in [0.2, 0.25) is 0 Å². The van der Waals surface area contributed by atoms with Gasteiger partial charge in [-0.05, 0) is 5.75 Å². The predicted octanol–water partition coefficient (Wildman–Crippen LogP) is 3.60. The fraction of sp³-hybridized carbons (Fsp3) is 0.900. The molecule has 0 amide bonds. The van der Waals surface area contributed by atoms with Crippen LogP contribution < -0.4 is 5.11 Å². The molecule has 0 saturated carbocycles. The third-order valence-corrected chi connectivity index (χ3v) is 3.71. The van der Waals surface area contributed by atoms with Crippen LogP contribution in [0, 0.1) is 0 Å². The van der Waals surface area contributed by atoms with Crippen LogP contribution in [-0.4, -0.2) is 53.3 Å². The Labute approximate surface area is 139 Å². The van der Waals surface area contributed by atoms with E-state index >= 15 is 0 Å². The predicted molar refractivity (Wildman–Crippen MR) is 57.7 cm³/mol.